The van der Waals surface area contributed by atoms with Gasteiger partial charge in [0.05, 0.1) is 0 Å². The number of aldehydes is 1. The van der Waals surface area contributed by atoms with Crippen LogP contribution in [0.15, 0.2) is 6.07 Å². The molecule has 2 rings (SSSR count). The Labute approximate surface area is 63.6 Å². The molecule has 2 heterocycles. The van der Waals surface area contributed by atoms with Crippen molar-refractivity contribution in [2.45, 2.75) is 6.42 Å². The van der Waals surface area contributed by atoms with Crippen LogP contribution >= 0.6 is 0 Å². The first-order valence-electron chi connectivity index (χ1n) is 3.46. The van der Waals surface area contributed by atoms with Crippen molar-refractivity contribution >= 4 is 12.1 Å². The van der Waals surface area contributed by atoms with Gasteiger partial charge in [-0.15, -0.1) is 10.2 Å². The lowest BCUT2D eigenvalue weighted by atomic mass is 10.2. The fraction of sp³-hybridized carbons (Fsp3) is 0.286. The van der Waals surface area contributed by atoms with Gasteiger partial charge in [-0.1, -0.05) is 0 Å². The maximum Gasteiger partial charge on any atom is 0.170 e. The molecule has 1 aliphatic heterocycles. The number of hydrogen-bond donors (Lipinski definition) is 1. The molecular weight excluding hydrogens is 142 g/mol. The summed E-state index contributed by atoms with van der Waals surface area (Å²) in [6.07, 6.45) is 1.65. The van der Waals surface area contributed by atoms with E-state index in [2.05, 4.69) is 15.5 Å². The first kappa shape index (κ1) is 6.27. The largest absolute Gasteiger partial charge is 0.368 e. The second kappa shape index (κ2) is 2.30. The summed E-state index contributed by atoms with van der Waals surface area (Å²) < 4.78 is 0. The molecule has 0 bridgehead atoms. The summed E-state index contributed by atoms with van der Waals surface area (Å²) in [6, 6.07) is 1.77. The third kappa shape index (κ3) is 0.960. The maximum absolute atomic E-state index is 10.3. The van der Waals surface area contributed by atoms with Gasteiger partial charge in [-0.25, -0.2) is 0 Å². The molecule has 1 aromatic heterocycles. The number of carbonyl (C=O) groups is 1. The highest BCUT2D eigenvalue weighted by Crippen LogP contribution is 2.17. The molecule has 4 nitrogen and oxygen atoms in total. The molecule has 0 aromatic carbocycles. The Morgan fingerprint density at radius 1 is 1.55 bits per heavy atom. The molecule has 56 valence electrons. The van der Waals surface area contributed by atoms with Gasteiger partial charge >= 0.3 is 0 Å². The maximum atomic E-state index is 10.3. The summed E-state index contributed by atoms with van der Waals surface area (Å²) in [5.74, 6) is 0.815. The minimum Gasteiger partial charge on any atom is -0.368 e. The molecule has 0 amide bonds. The van der Waals surface area contributed by atoms with Gasteiger partial charge in [0.2, 0.25) is 0 Å². The van der Waals surface area contributed by atoms with Gasteiger partial charge in [-0.05, 0) is 12.5 Å². The van der Waals surface area contributed by atoms with Gasteiger partial charge in [0.15, 0.2) is 12.1 Å². The van der Waals surface area contributed by atoms with Crippen LogP contribution in [0.3, 0.4) is 0 Å². The Bertz CT molecular complexity index is 298. The Kier molecular flexibility index (Phi) is 1.31. The van der Waals surface area contributed by atoms with Crippen LogP contribution in [0.25, 0.3) is 0 Å². The van der Waals surface area contributed by atoms with E-state index in [1.54, 1.807) is 6.07 Å². The molecule has 0 unspecified atom stereocenters. The molecule has 0 radical (unpaired) electrons. The van der Waals surface area contributed by atoms with E-state index in [-0.39, 0.29) is 0 Å². The lowest BCUT2D eigenvalue weighted by Gasteiger charge is -1.95. The molecule has 0 saturated carbocycles. The topological polar surface area (TPSA) is 54.9 Å². The van der Waals surface area contributed by atoms with Gasteiger partial charge in [0, 0.05) is 12.1 Å². The number of hydrogen-bond acceptors (Lipinski definition) is 4. The minimum atomic E-state index is 0.410. The lowest BCUT2D eigenvalue weighted by molar-refractivity contribution is 0.111. The zero-order valence-electron chi connectivity index (χ0n) is 5.87. The van der Waals surface area contributed by atoms with E-state index in [9.17, 15) is 4.79 Å². The Morgan fingerprint density at radius 2 is 2.45 bits per heavy atom. The number of nitrogens with zero attached hydrogens (tertiary/aromatic N) is 2. The van der Waals surface area contributed by atoms with E-state index >= 15 is 0 Å². The van der Waals surface area contributed by atoms with Crippen molar-refractivity contribution in [3.63, 3.8) is 0 Å². The van der Waals surface area contributed by atoms with Crippen molar-refractivity contribution in [3.8, 4) is 0 Å². The van der Waals surface area contributed by atoms with Gasteiger partial charge in [0.25, 0.3) is 0 Å². The minimum absolute atomic E-state index is 0.410. The van der Waals surface area contributed by atoms with E-state index in [0.717, 1.165) is 24.3 Å². The second-order valence-electron chi connectivity index (χ2n) is 2.44. The number of anilines is 1. The Morgan fingerprint density at radius 3 is 3.27 bits per heavy atom. The Hall–Kier alpha value is -1.45. The van der Waals surface area contributed by atoms with E-state index in [0.29, 0.717) is 12.0 Å². The molecule has 0 spiro atoms. The van der Waals surface area contributed by atoms with Gasteiger partial charge in [-0.2, -0.15) is 0 Å². The molecule has 4 heteroatoms. The number of rotatable bonds is 1. The number of nitrogens with one attached hydrogen (secondary N) is 1. The molecule has 1 aliphatic rings. The standard InChI is InChI=1S/C7H7N3O/c11-4-6-3-5-1-2-8-7(5)10-9-6/h3-4H,1-2H2,(H,8,10). The molecule has 11 heavy (non-hydrogen) atoms. The third-order valence-electron chi connectivity index (χ3n) is 1.70. The molecule has 0 saturated heterocycles. The molecule has 0 aliphatic carbocycles. The van der Waals surface area contributed by atoms with Crippen LogP contribution in [0, 0.1) is 0 Å². The second-order valence-corrected chi connectivity index (χ2v) is 2.44. The van der Waals surface area contributed by atoms with Crippen molar-refractivity contribution in [1.82, 2.24) is 10.2 Å². The van der Waals surface area contributed by atoms with Crippen LogP contribution in [0.4, 0.5) is 5.82 Å². The predicted octanol–water partition coefficient (Wildman–Crippen LogP) is 0.257. The van der Waals surface area contributed by atoms with Gasteiger partial charge in [-0.3, -0.25) is 4.79 Å². The highest BCUT2D eigenvalue weighted by atomic mass is 16.1. The molecular formula is C7H7N3O. The van der Waals surface area contributed by atoms with Crippen LogP contribution in [0.1, 0.15) is 16.1 Å². The van der Waals surface area contributed by atoms with Crippen molar-refractivity contribution in [2.24, 2.45) is 0 Å². The normalized spacial score (nSPS) is 13.8. The SMILES string of the molecule is O=Cc1cc2c(nn1)NCC2. The zero-order chi connectivity index (χ0) is 7.68. The van der Waals surface area contributed by atoms with Crippen molar-refractivity contribution in [3.05, 3.63) is 17.3 Å². The van der Waals surface area contributed by atoms with Crippen molar-refractivity contribution in [2.75, 3.05) is 11.9 Å². The number of aromatic nitrogens is 2. The lowest BCUT2D eigenvalue weighted by Crippen LogP contribution is -1.96. The van der Waals surface area contributed by atoms with E-state index < -0.39 is 0 Å². The third-order valence-corrected chi connectivity index (χ3v) is 1.70. The average molecular weight is 149 g/mol. The zero-order valence-corrected chi connectivity index (χ0v) is 5.87. The smallest absolute Gasteiger partial charge is 0.170 e. The summed E-state index contributed by atoms with van der Waals surface area (Å²) in [6.45, 7) is 0.895. The van der Waals surface area contributed by atoms with Crippen LogP contribution in [-0.4, -0.2) is 23.0 Å². The fourth-order valence-corrected chi connectivity index (χ4v) is 1.16. The first-order valence-corrected chi connectivity index (χ1v) is 3.46. The summed E-state index contributed by atoms with van der Waals surface area (Å²) in [7, 11) is 0. The summed E-state index contributed by atoms with van der Waals surface area (Å²) in [5.41, 5.74) is 1.49. The van der Waals surface area contributed by atoms with Crippen LogP contribution in [-0.2, 0) is 6.42 Å². The van der Waals surface area contributed by atoms with E-state index in [1.165, 1.54) is 0 Å². The summed E-state index contributed by atoms with van der Waals surface area (Å²) >= 11 is 0. The number of fused-ring (bicyclic) bond motifs is 1. The summed E-state index contributed by atoms with van der Waals surface area (Å²) in [4.78, 5) is 10.3. The number of carbonyl (C=O) groups excluding carboxylic acids is 1. The molecule has 1 aromatic rings. The van der Waals surface area contributed by atoms with Crippen molar-refractivity contribution in [1.29, 1.82) is 0 Å². The average Bonchev–Trinajstić information content (AvgIpc) is 2.50. The van der Waals surface area contributed by atoms with E-state index in [4.69, 9.17) is 0 Å². The van der Waals surface area contributed by atoms with Crippen LogP contribution in [0.2, 0.25) is 0 Å². The first-order chi connectivity index (χ1) is 5.40. The van der Waals surface area contributed by atoms with Gasteiger partial charge in [0.1, 0.15) is 5.69 Å². The quantitative estimate of drug-likeness (QED) is 0.582. The van der Waals surface area contributed by atoms with Crippen molar-refractivity contribution < 1.29 is 4.79 Å². The Balaban J connectivity index is 2.48. The van der Waals surface area contributed by atoms with Crippen LogP contribution in [0.5, 0.6) is 0 Å². The highest BCUT2D eigenvalue weighted by Gasteiger charge is 2.11. The van der Waals surface area contributed by atoms with Crippen LogP contribution < -0.4 is 5.32 Å². The molecule has 0 fully saturated rings. The highest BCUT2D eigenvalue weighted by molar-refractivity contribution is 5.72. The fourth-order valence-electron chi connectivity index (χ4n) is 1.16. The molecule has 0 atom stereocenters. The monoisotopic (exact) mass is 149 g/mol. The van der Waals surface area contributed by atoms with Gasteiger partial charge < -0.3 is 5.32 Å². The molecule has 1 N–H and O–H groups in total. The van der Waals surface area contributed by atoms with E-state index in [1.807, 2.05) is 0 Å². The predicted molar refractivity (Wildman–Crippen MR) is 39.6 cm³/mol. The summed E-state index contributed by atoms with van der Waals surface area (Å²) in [5, 5.41) is 10.6.